The summed E-state index contributed by atoms with van der Waals surface area (Å²) in [4.78, 5) is 17.4. The molecule has 1 N–H and O–H groups in total. The summed E-state index contributed by atoms with van der Waals surface area (Å²) >= 11 is 0. The fourth-order valence-electron chi connectivity index (χ4n) is 2.96. The maximum atomic E-state index is 12.6. The van der Waals surface area contributed by atoms with Crippen LogP contribution in [-0.2, 0) is 4.79 Å². The number of fused-ring (bicyclic) bond motifs is 1. The zero-order valence-electron chi connectivity index (χ0n) is 14.9. The van der Waals surface area contributed by atoms with Crippen LogP contribution in [0.1, 0.15) is 29.7 Å². The van der Waals surface area contributed by atoms with Crippen molar-refractivity contribution in [1.82, 2.24) is 14.7 Å². The Morgan fingerprint density at radius 1 is 1.20 bits per heavy atom. The predicted molar refractivity (Wildman–Crippen MR) is 102 cm³/mol. The van der Waals surface area contributed by atoms with Gasteiger partial charge in [-0.05, 0) is 32.4 Å². The van der Waals surface area contributed by atoms with E-state index in [2.05, 4.69) is 43.1 Å². The maximum absolute atomic E-state index is 12.6. The number of aryl methyl sites for hydroxylation is 2. The molecule has 1 atom stereocenters. The first kappa shape index (κ1) is 17.0. The molecule has 3 aromatic rings. The van der Waals surface area contributed by atoms with Crippen LogP contribution in [0.25, 0.3) is 16.9 Å². The molecule has 4 nitrogen and oxygen atoms in total. The van der Waals surface area contributed by atoms with Gasteiger partial charge in [-0.3, -0.25) is 4.79 Å². The zero-order chi connectivity index (χ0) is 18.0. The summed E-state index contributed by atoms with van der Waals surface area (Å²) in [6.07, 6.45) is 3.72. The first-order chi connectivity index (χ1) is 12.0. The molecule has 25 heavy (non-hydrogen) atoms. The van der Waals surface area contributed by atoms with Crippen LogP contribution in [0, 0.1) is 13.8 Å². The molecule has 128 valence electrons. The van der Waals surface area contributed by atoms with Crippen LogP contribution in [0.5, 0.6) is 0 Å². The van der Waals surface area contributed by atoms with Gasteiger partial charge in [0.1, 0.15) is 5.65 Å². The second-order valence-electron chi connectivity index (χ2n) is 6.40. The lowest BCUT2D eigenvalue weighted by Gasteiger charge is -2.14. The Kier molecular flexibility index (Phi) is 4.70. The SMILES string of the molecule is C=CCNC(=O)C(C)c1c(-c2ccc(C)cc2)nc2ccc(C)cn12. The van der Waals surface area contributed by atoms with E-state index in [9.17, 15) is 4.79 Å². The maximum Gasteiger partial charge on any atom is 0.229 e. The van der Waals surface area contributed by atoms with Gasteiger partial charge in [0.2, 0.25) is 5.91 Å². The van der Waals surface area contributed by atoms with Crippen LogP contribution < -0.4 is 5.32 Å². The molecular weight excluding hydrogens is 310 g/mol. The summed E-state index contributed by atoms with van der Waals surface area (Å²) in [5.74, 6) is -0.357. The third-order valence-electron chi connectivity index (χ3n) is 4.35. The monoisotopic (exact) mass is 333 g/mol. The van der Waals surface area contributed by atoms with E-state index in [1.807, 2.05) is 36.6 Å². The summed E-state index contributed by atoms with van der Waals surface area (Å²) in [7, 11) is 0. The second kappa shape index (κ2) is 6.93. The lowest BCUT2D eigenvalue weighted by Crippen LogP contribution is -2.28. The molecule has 0 aliphatic carbocycles. The van der Waals surface area contributed by atoms with Crippen molar-refractivity contribution in [2.45, 2.75) is 26.7 Å². The molecule has 3 rings (SSSR count). The standard InChI is InChI=1S/C21H23N3O/c1-5-12-22-21(25)16(4)20-19(17-9-6-14(2)7-10-17)23-18-11-8-15(3)13-24(18)20/h5-11,13,16H,1,12H2,2-4H3,(H,22,25). The van der Waals surface area contributed by atoms with Gasteiger partial charge in [-0.25, -0.2) is 4.98 Å². The molecule has 0 fully saturated rings. The van der Waals surface area contributed by atoms with E-state index in [-0.39, 0.29) is 11.8 Å². The molecule has 1 aromatic carbocycles. The van der Waals surface area contributed by atoms with Gasteiger partial charge in [0, 0.05) is 18.3 Å². The van der Waals surface area contributed by atoms with Crippen molar-refractivity contribution in [3.63, 3.8) is 0 Å². The van der Waals surface area contributed by atoms with Crippen molar-refractivity contribution >= 4 is 11.6 Å². The van der Waals surface area contributed by atoms with Crippen LogP contribution in [0.3, 0.4) is 0 Å². The van der Waals surface area contributed by atoms with Crippen LogP contribution in [-0.4, -0.2) is 21.8 Å². The minimum atomic E-state index is -0.326. The molecular formula is C21H23N3O. The largest absolute Gasteiger partial charge is 0.352 e. The molecule has 0 aliphatic heterocycles. The van der Waals surface area contributed by atoms with E-state index in [1.54, 1.807) is 6.08 Å². The molecule has 0 radical (unpaired) electrons. The Balaban J connectivity index is 2.17. The van der Waals surface area contributed by atoms with E-state index in [0.29, 0.717) is 6.54 Å². The smallest absolute Gasteiger partial charge is 0.229 e. The molecule has 0 bridgehead atoms. The number of pyridine rings is 1. The summed E-state index contributed by atoms with van der Waals surface area (Å²) in [5.41, 5.74) is 5.95. The number of hydrogen-bond acceptors (Lipinski definition) is 2. The Bertz CT molecular complexity index is 922. The van der Waals surface area contributed by atoms with Crippen molar-refractivity contribution in [1.29, 1.82) is 0 Å². The van der Waals surface area contributed by atoms with Gasteiger partial charge in [0.05, 0.1) is 17.3 Å². The molecule has 1 amide bonds. The van der Waals surface area contributed by atoms with Gasteiger partial charge in [0.25, 0.3) is 0 Å². The minimum Gasteiger partial charge on any atom is -0.352 e. The highest BCUT2D eigenvalue weighted by Crippen LogP contribution is 2.30. The van der Waals surface area contributed by atoms with Crippen molar-refractivity contribution in [3.8, 4) is 11.3 Å². The van der Waals surface area contributed by atoms with Crippen LogP contribution in [0.2, 0.25) is 0 Å². The van der Waals surface area contributed by atoms with Crippen molar-refractivity contribution < 1.29 is 4.79 Å². The Morgan fingerprint density at radius 3 is 2.56 bits per heavy atom. The van der Waals surface area contributed by atoms with Crippen LogP contribution in [0.15, 0.2) is 55.3 Å². The molecule has 2 heterocycles. The van der Waals surface area contributed by atoms with Gasteiger partial charge in [0.15, 0.2) is 0 Å². The zero-order valence-corrected chi connectivity index (χ0v) is 14.9. The normalized spacial score (nSPS) is 12.1. The molecule has 0 aliphatic rings. The molecule has 1 unspecified atom stereocenters. The number of nitrogens with one attached hydrogen (secondary N) is 1. The Hall–Kier alpha value is -2.88. The molecule has 0 spiro atoms. The highest BCUT2D eigenvalue weighted by molar-refractivity contribution is 5.86. The molecule has 2 aromatic heterocycles. The van der Waals surface area contributed by atoms with E-state index >= 15 is 0 Å². The number of carbonyl (C=O) groups excluding carboxylic acids is 1. The predicted octanol–water partition coefficient (Wildman–Crippen LogP) is 4.02. The number of aromatic nitrogens is 2. The third-order valence-corrected chi connectivity index (χ3v) is 4.35. The number of rotatable bonds is 5. The fourth-order valence-corrected chi connectivity index (χ4v) is 2.96. The van der Waals surface area contributed by atoms with Gasteiger partial charge in [-0.1, -0.05) is 42.0 Å². The Morgan fingerprint density at radius 2 is 1.88 bits per heavy atom. The topological polar surface area (TPSA) is 46.4 Å². The highest BCUT2D eigenvalue weighted by Gasteiger charge is 2.24. The molecule has 0 saturated heterocycles. The molecule has 0 saturated carbocycles. The van der Waals surface area contributed by atoms with Gasteiger partial charge in [-0.2, -0.15) is 0 Å². The second-order valence-corrected chi connectivity index (χ2v) is 6.40. The van der Waals surface area contributed by atoms with E-state index in [0.717, 1.165) is 28.2 Å². The number of imidazole rings is 1. The van der Waals surface area contributed by atoms with Gasteiger partial charge in [-0.15, -0.1) is 6.58 Å². The van der Waals surface area contributed by atoms with Crippen molar-refractivity contribution in [3.05, 3.63) is 72.1 Å². The van der Waals surface area contributed by atoms with E-state index in [1.165, 1.54) is 5.56 Å². The van der Waals surface area contributed by atoms with E-state index < -0.39 is 0 Å². The average molecular weight is 333 g/mol. The fraction of sp³-hybridized carbons (Fsp3) is 0.238. The highest BCUT2D eigenvalue weighted by atomic mass is 16.1. The quantitative estimate of drug-likeness (QED) is 0.717. The van der Waals surface area contributed by atoms with Crippen LogP contribution >= 0.6 is 0 Å². The number of hydrogen-bond donors (Lipinski definition) is 1. The van der Waals surface area contributed by atoms with Crippen molar-refractivity contribution in [2.75, 3.05) is 6.54 Å². The summed E-state index contributed by atoms with van der Waals surface area (Å²) in [6.45, 7) is 10.1. The average Bonchev–Trinajstić information content (AvgIpc) is 2.98. The third kappa shape index (κ3) is 3.33. The summed E-state index contributed by atoms with van der Waals surface area (Å²) in [5, 5.41) is 2.89. The van der Waals surface area contributed by atoms with E-state index in [4.69, 9.17) is 4.98 Å². The molecule has 4 heteroatoms. The minimum absolute atomic E-state index is 0.0310. The first-order valence-electron chi connectivity index (χ1n) is 8.45. The first-order valence-corrected chi connectivity index (χ1v) is 8.45. The number of carbonyl (C=O) groups is 1. The lowest BCUT2D eigenvalue weighted by atomic mass is 10.00. The number of nitrogens with zero attached hydrogens (tertiary/aromatic N) is 2. The number of amides is 1. The van der Waals surface area contributed by atoms with Gasteiger partial charge < -0.3 is 9.72 Å². The number of benzene rings is 1. The van der Waals surface area contributed by atoms with Crippen LogP contribution in [0.4, 0.5) is 0 Å². The lowest BCUT2D eigenvalue weighted by molar-refractivity contribution is -0.122. The summed E-state index contributed by atoms with van der Waals surface area (Å²) < 4.78 is 2.03. The summed E-state index contributed by atoms with van der Waals surface area (Å²) in [6, 6.07) is 12.3. The van der Waals surface area contributed by atoms with Gasteiger partial charge >= 0.3 is 0 Å². The van der Waals surface area contributed by atoms with Crippen molar-refractivity contribution in [2.24, 2.45) is 0 Å². The Labute approximate surface area is 148 Å².